The molecule has 0 aliphatic heterocycles. The Bertz CT molecular complexity index is 142. The van der Waals surface area contributed by atoms with E-state index in [1.54, 1.807) is 14.2 Å². The number of rotatable bonds is 7. The molecule has 0 saturated heterocycles. The van der Waals surface area contributed by atoms with Crippen LogP contribution < -0.4 is 0 Å². The third kappa shape index (κ3) is 6.02. The number of unbranched alkanes of at least 4 members (excludes halogenated alkanes) is 3. The molecule has 0 fully saturated rings. The molecule has 0 heterocycles. The molecule has 0 bridgehead atoms. The monoisotopic (exact) mass is 202 g/mol. The molecule has 13 heavy (non-hydrogen) atoms. The molecule has 0 aromatic rings. The fraction of sp³-hybridized carbons (Fsp3) is 0.800. The maximum absolute atomic E-state index is 5.32. The van der Waals surface area contributed by atoms with E-state index >= 15 is 0 Å². The lowest BCUT2D eigenvalue weighted by Gasteiger charge is -2.17. The van der Waals surface area contributed by atoms with Gasteiger partial charge in [0, 0.05) is 14.2 Å². The average molecular weight is 202 g/mol. The van der Waals surface area contributed by atoms with Crippen molar-refractivity contribution in [2.75, 3.05) is 14.2 Å². The van der Waals surface area contributed by atoms with Crippen molar-refractivity contribution in [2.45, 2.75) is 39.2 Å². The van der Waals surface area contributed by atoms with Gasteiger partial charge >= 0.3 is 8.56 Å². The Labute approximate surface area is 83.2 Å². The van der Waals surface area contributed by atoms with E-state index in [9.17, 15) is 0 Å². The zero-order valence-electron chi connectivity index (χ0n) is 9.30. The van der Waals surface area contributed by atoms with Gasteiger partial charge in [0.2, 0.25) is 0 Å². The Morgan fingerprint density at radius 3 is 2.23 bits per heavy atom. The van der Waals surface area contributed by atoms with E-state index < -0.39 is 8.56 Å². The van der Waals surface area contributed by atoms with Crippen molar-refractivity contribution in [1.29, 1.82) is 0 Å². The quantitative estimate of drug-likeness (QED) is 0.467. The van der Waals surface area contributed by atoms with Crippen LogP contribution in [0.25, 0.3) is 0 Å². The van der Waals surface area contributed by atoms with Gasteiger partial charge in [0.05, 0.1) is 0 Å². The molecule has 0 radical (unpaired) electrons. The van der Waals surface area contributed by atoms with Gasteiger partial charge in [0.15, 0.2) is 0 Å². The topological polar surface area (TPSA) is 18.5 Å². The van der Waals surface area contributed by atoms with E-state index in [4.69, 9.17) is 8.85 Å². The summed E-state index contributed by atoms with van der Waals surface area (Å²) in [6.07, 6.45) is 7.18. The van der Waals surface area contributed by atoms with Gasteiger partial charge in [-0.25, -0.2) is 0 Å². The molecular formula is C10H22O2Si. The molecule has 0 aromatic carbocycles. The summed E-state index contributed by atoms with van der Waals surface area (Å²) >= 11 is 0. The standard InChI is InChI=1S/C10H22O2Si/c1-5-6-7-8-9-10-13(4,11-2)12-3/h9-10H,5-8H2,1-4H3/b10-9+. The first-order chi connectivity index (χ1) is 6.18. The molecule has 0 spiro atoms. The van der Waals surface area contributed by atoms with Crippen molar-refractivity contribution in [1.82, 2.24) is 0 Å². The number of allylic oxidation sites excluding steroid dienone is 1. The van der Waals surface area contributed by atoms with Gasteiger partial charge in [0.1, 0.15) is 0 Å². The molecule has 3 heteroatoms. The molecule has 0 aliphatic rings. The van der Waals surface area contributed by atoms with Crippen LogP contribution >= 0.6 is 0 Å². The molecular weight excluding hydrogens is 180 g/mol. The van der Waals surface area contributed by atoms with Gasteiger partial charge in [-0.3, -0.25) is 0 Å². The van der Waals surface area contributed by atoms with Crippen LogP contribution in [0.2, 0.25) is 6.55 Å². The van der Waals surface area contributed by atoms with Gasteiger partial charge in [-0.05, 0) is 25.1 Å². The van der Waals surface area contributed by atoms with Gasteiger partial charge in [-0.2, -0.15) is 0 Å². The maximum atomic E-state index is 5.32. The van der Waals surface area contributed by atoms with Crippen molar-refractivity contribution >= 4 is 8.56 Å². The Hall–Kier alpha value is -0.123. The molecule has 78 valence electrons. The van der Waals surface area contributed by atoms with Crippen LogP contribution in [0.5, 0.6) is 0 Å². The second kappa shape index (κ2) is 7.30. The molecule has 0 rings (SSSR count). The fourth-order valence-corrected chi connectivity index (χ4v) is 2.06. The minimum absolute atomic E-state index is 1.14. The molecule has 0 N–H and O–H groups in total. The van der Waals surface area contributed by atoms with Crippen LogP contribution in [0, 0.1) is 0 Å². The first-order valence-electron chi connectivity index (χ1n) is 4.96. The second-order valence-corrected chi connectivity index (χ2v) is 6.50. The highest BCUT2D eigenvalue weighted by molar-refractivity contribution is 6.71. The van der Waals surface area contributed by atoms with Crippen LogP contribution in [0.3, 0.4) is 0 Å². The van der Waals surface area contributed by atoms with Crippen molar-refractivity contribution in [3.63, 3.8) is 0 Å². The summed E-state index contributed by atoms with van der Waals surface area (Å²) in [6.45, 7) is 4.26. The summed E-state index contributed by atoms with van der Waals surface area (Å²) in [5.74, 6) is 0. The summed E-state index contributed by atoms with van der Waals surface area (Å²) < 4.78 is 10.6. The minimum atomic E-state index is -1.94. The van der Waals surface area contributed by atoms with Crippen LogP contribution in [-0.4, -0.2) is 22.8 Å². The Morgan fingerprint density at radius 2 is 1.77 bits per heavy atom. The molecule has 0 amide bonds. The van der Waals surface area contributed by atoms with E-state index in [0.29, 0.717) is 0 Å². The average Bonchev–Trinajstić information content (AvgIpc) is 2.17. The largest absolute Gasteiger partial charge is 0.395 e. The molecule has 0 aromatic heterocycles. The van der Waals surface area contributed by atoms with Crippen molar-refractivity contribution in [3.8, 4) is 0 Å². The van der Waals surface area contributed by atoms with Crippen LogP contribution in [0.15, 0.2) is 11.8 Å². The summed E-state index contributed by atoms with van der Waals surface area (Å²) in [5.41, 5.74) is 2.11. The number of hydrogen-bond acceptors (Lipinski definition) is 2. The highest BCUT2D eigenvalue weighted by Crippen LogP contribution is 2.08. The smallest absolute Gasteiger partial charge is 0.360 e. The molecule has 0 saturated carbocycles. The van der Waals surface area contributed by atoms with Gasteiger partial charge in [0.25, 0.3) is 0 Å². The van der Waals surface area contributed by atoms with Gasteiger partial charge < -0.3 is 8.85 Å². The second-order valence-electron chi connectivity index (χ2n) is 3.32. The Balaban J connectivity index is 3.67. The lowest BCUT2D eigenvalue weighted by molar-refractivity contribution is 0.264. The molecule has 2 nitrogen and oxygen atoms in total. The van der Waals surface area contributed by atoms with Crippen molar-refractivity contribution in [2.24, 2.45) is 0 Å². The van der Waals surface area contributed by atoms with Gasteiger partial charge in [-0.1, -0.05) is 25.8 Å². The van der Waals surface area contributed by atoms with E-state index in [1.807, 2.05) is 6.55 Å². The van der Waals surface area contributed by atoms with Crippen molar-refractivity contribution < 1.29 is 8.85 Å². The van der Waals surface area contributed by atoms with Crippen LogP contribution in [0.4, 0.5) is 0 Å². The van der Waals surface area contributed by atoms with E-state index in [2.05, 4.69) is 18.7 Å². The first-order valence-corrected chi connectivity index (χ1v) is 7.36. The zero-order valence-corrected chi connectivity index (χ0v) is 10.3. The molecule has 0 atom stereocenters. The SMILES string of the molecule is CCCCC/C=C/[Si](C)(OC)OC. The first kappa shape index (κ1) is 12.9. The summed E-state index contributed by atoms with van der Waals surface area (Å²) in [7, 11) is 1.49. The Kier molecular flexibility index (Phi) is 7.23. The number of hydrogen-bond donors (Lipinski definition) is 0. The predicted molar refractivity (Wildman–Crippen MR) is 58.9 cm³/mol. The van der Waals surface area contributed by atoms with E-state index in [-0.39, 0.29) is 0 Å². The highest BCUT2D eigenvalue weighted by atomic mass is 28.4. The molecule has 0 aliphatic carbocycles. The van der Waals surface area contributed by atoms with Crippen molar-refractivity contribution in [3.05, 3.63) is 11.8 Å². The summed E-state index contributed by atoms with van der Waals surface area (Å²) in [5, 5.41) is 0. The van der Waals surface area contributed by atoms with Crippen LogP contribution in [0.1, 0.15) is 32.6 Å². The highest BCUT2D eigenvalue weighted by Gasteiger charge is 2.23. The summed E-state index contributed by atoms with van der Waals surface area (Å²) in [6, 6.07) is 0. The molecule has 0 unspecified atom stereocenters. The lowest BCUT2D eigenvalue weighted by Crippen LogP contribution is -2.33. The third-order valence-electron chi connectivity index (χ3n) is 2.21. The normalized spacial score (nSPS) is 12.6. The minimum Gasteiger partial charge on any atom is -0.395 e. The predicted octanol–water partition coefficient (Wildman–Crippen LogP) is 3.03. The fourth-order valence-electron chi connectivity index (χ4n) is 1.03. The lowest BCUT2D eigenvalue weighted by atomic mass is 10.2. The van der Waals surface area contributed by atoms with E-state index in [0.717, 1.165) is 6.42 Å². The third-order valence-corrected chi connectivity index (χ3v) is 4.67. The zero-order chi connectivity index (χ0) is 10.2. The van der Waals surface area contributed by atoms with Gasteiger partial charge in [-0.15, -0.1) is 0 Å². The Morgan fingerprint density at radius 1 is 1.15 bits per heavy atom. The van der Waals surface area contributed by atoms with Crippen LogP contribution in [-0.2, 0) is 8.85 Å². The maximum Gasteiger partial charge on any atom is 0.360 e. The summed E-state index contributed by atoms with van der Waals surface area (Å²) in [4.78, 5) is 0. The van der Waals surface area contributed by atoms with E-state index in [1.165, 1.54) is 19.3 Å².